The summed E-state index contributed by atoms with van der Waals surface area (Å²) < 4.78 is 28.0. The molecule has 1 amide bonds. The number of amidine groups is 1. The molecule has 0 unspecified atom stereocenters. The molecule has 2 aromatic carbocycles. The Labute approximate surface area is 168 Å². The predicted octanol–water partition coefficient (Wildman–Crippen LogP) is 5.12. The van der Waals surface area contributed by atoms with Gasteiger partial charge < -0.3 is 5.32 Å². The molecule has 4 nitrogen and oxygen atoms in total. The third kappa shape index (κ3) is 4.50. The van der Waals surface area contributed by atoms with Gasteiger partial charge in [0, 0.05) is 31.6 Å². The van der Waals surface area contributed by atoms with E-state index in [0.29, 0.717) is 40.1 Å². The molecule has 0 saturated heterocycles. The molecular weight excluding hydrogens is 384 g/mol. The minimum atomic E-state index is -3.05. The molecule has 7 heteroatoms. The summed E-state index contributed by atoms with van der Waals surface area (Å²) in [5.41, 5.74) is 1.08. The smallest absolute Gasteiger partial charge is 0.270 e. The van der Waals surface area contributed by atoms with Gasteiger partial charge in [-0.2, -0.15) is 0 Å². The SMILES string of the molecule is C/N=C(/NCC1CC1)c1ccc(C(C)(F)F)cc1N(C=O)c1ccccc1Cl. The second-order valence-corrected chi connectivity index (χ2v) is 7.35. The number of para-hydroxylation sites is 1. The van der Waals surface area contributed by atoms with E-state index in [4.69, 9.17) is 11.6 Å². The van der Waals surface area contributed by atoms with E-state index in [1.54, 1.807) is 37.4 Å². The first kappa shape index (κ1) is 20.3. The molecule has 1 saturated carbocycles. The fourth-order valence-electron chi connectivity index (χ4n) is 2.95. The van der Waals surface area contributed by atoms with Crippen molar-refractivity contribution in [3.63, 3.8) is 0 Å². The molecule has 0 spiro atoms. The van der Waals surface area contributed by atoms with Crippen molar-refractivity contribution in [2.75, 3.05) is 18.5 Å². The standard InChI is InChI=1S/C21H22ClF2N3O/c1-21(23,24)15-9-10-16(20(25-2)26-12-14-7-8-14)19(11-15)27(13-28)18-6-4-3-5-17(18)22/h3-6,9-11,13-14H,7-8,12H2,1-2H3,(H,25,26). The van der Waals surface area contributed by atoms with Gasteiger partial charge >= 0.3 is 0 Å². The Bertz CT molecular complexity index is 891. The number of nitrogens with one attached hydrogen (secondary N) is 1. The summed E-state index contributed by atoms with van der Waals surface area (Å²) in [6.45, 7) is 1.58. The summed E-state index contributed by atoms with van der Waals surface area (Å²) >= 11 is 6.26. The molecule has 2 aromatic rings. The van der Waals surface area contributed by atoms with Crippen LogP contribution in [0.5, 0.6) is 0 Å². The van der Waals surface area contributed by atoms with E-state index in [9.17, 15) is 13.6 Å². The van der Waals surface area contributed by atoms with Crippen LogP contribution in [-0.2, 0) is 10.7 Å². The highest BCUT2D eigenvalue weighted by Crippen LogP contribution is 2.37. The van der Waals surface area contributed by atoms with E-state index >= 15 is 0 Å². The summed E-state index contributed by atoms with van der Waals surface area (Å²) in [5, 5.41) is 3.62. The van der Waals surface area contributed by atoms with Crippen LogP contribution >= 0.6 is 11.6 Å². The van der Waals surface area contributed by atoms with E-state index in [1.807, 2.05) is 0 Å². The van der Waals surface area contributed by atoms with Crippen LogP contribution in [0.1, 0.15) is 30.9 Å². The summed E-state index contributed by atoms with van der Waals surface area (Å²) in [6.07, 6.45) is 2.90. The number of aliphatic imine (C=N–C) groups is 1. The van der Waals surface area contributed by atoms with Gasteiger partial charge in [-0.15, -0.1) is 0 Å². The van der Waals surface area contributed by atoms with Crippen LogP contribution in [0.3, 0.4) is 0 Å². The van der Waals surface area contributed by atoms with Crippen molar-refractivity contribution in [3.05, 3.63) is 58.6 Å². The van der Waals surface area contributed by atoms with E-state index in [-0.39, 0.29) is 5.56 Å². The Kier molecular flexibility index (Phi) is 5.98. The molecule has 0 heterocycles. The summed E-state index contributed by atoms with van der Waals surface area (Å²) in [5.74, 6) is -1.90. The number of amides is 1. The summed E-state index contributed by atoms with van der Waals surface area (Å²) in [4.78, 5) is 17.5. The number of rotatable bonds is 7. The average Bonchev–Trinajstić information content (AvgIpc) is 3.48. The molecule has 1 aliphatic carbocycles. The fraction of sp³-hybridized carbons (Fsp3) is 0.333. The molecular formula is C21H22ClF2N3O. The topological polar surface area (TPSA) is 44.7 Å². The van der Waals surface area contributed by atoms with E-state index in [2.05, 4.69) is 10.3 Å². The largest absolute Gasteiger partial charge is 0.370 e. The number of halogens is 3. The van der Waals surface area contributed by atoms with Gasteiger partial charge in [-0.25, -0.2) is 8.78 Å². The van der Waals surface area contributed by atoms with Crippen molar-refractivity contribution in [3.8, 4) is 0 Å². The molecule has 1 aliphatic rings. The normalized spacial score (nSPS) is 14.7. The van der Waals surface area contributed by atoms with Gasteiger partial charge in [0.05, 0.1) is 16.4 Å². The number of hydrogen-bond donors (Lipinski definition) is 1. The number of carbonyl (C=O) groups excluding carboxylic acids is 1. The minimum Gasteiger partial charge on any atom is -0.370 e. The first-order valence-corrected chi connectivity index (χ1v) is 9.45. The van der Waals surface area contributed by atoms with Crippen LogP contribution in [0.25, 0.3) is 0 Å². The van der Waals surface area contributed by atoms with Crippen molar-refractivity contribution < 1.29 is 13.6 Å². The Morgan fingerprint density at radius 1 is 1.29 bits per heavy atom. The molecule has 0 radical (unpaired) electrons. The lowest BCUT2D eigenvalue weighted by Gasteiger charge is -2.25. The van der Waals surface area contributed by atoms with E-state index < -0.39 is 5.92 Å². The molecule has 28 heavy (non-hydrogen) atoms. The molecule has 0 aliphatic heterocycles. The Morgan fingerprint density at radius 2 is 2.00 bits per heavy atom. The maximum Gasteiger partial charge on any atom is 0.270 e. The number of nitrogens with zero attached hydrogens (tertiary/aromatic N) is 2. The van der Waals surface area contributed by atoms with Crippen molar-refractivity contribution in [1.29, 1.82) is 0 Å². The zero-order valence-corrected chi connectivity index (χ0v) is 16.5. The van der Waals surface area contributed by atoms with Gasteiger partial charge in [0.2, 0.25) is 6.41 Å². The number of alkyl halides is 2. The second kappa shape index (κ2) is 8.27. The van der Waals surface area contributed by atoms with E-state index in [0.717, 1.165) is 26.3 Å². The monoisotopic (exact) mass is 405 g/mol. The van der Waals surface area contributed by atoms with Crippen LogP contribution in [0.4, 0.5) is 20.2 Å². The minimum absolute atomic E-state index is 0.192. The average molecular weight is 406 g/mol. The van der Waals surface area contributed by atoms with E-state index in [1.165, 1.54) is 17.0 Å². The van der Waals surface area contributed by atoms with Gasteiger partial charge in [0.15, 0.2) is 0 Å². The van der Waals surface area contributed by atoms with Gasteiger partial charge in [-0.1, -0.05) is 29.8 Å². The second-order valence-electron chi connectivity index (χ2n) is 6.94. The van der Waals surface area contributed by atoms with Crippen molar-refractivity contribution in [2.45, 2.75) is 25.7 Å². The first-order chi connectivity index (χ1) is 13.3. The fourth-order valence-corrected chi connectivity index (χ4v) is 3.18. The molecule has 0 aromatic heterocycles. The highest BCUT2D eigenvalue weighted by molar-refractivity contribution is 6.34. The van der Waals surface area contributed by atoms with Crippen LogP contribution in [-0.4, -0.2) is 25.8 Å². The van der Waals surface area contributed by atoms with Gasteiger partial charge in [-0.3, -0.25) is 14.7 Å². The lowest BCUT2D eigenvalue weighted by molar-refractivity contribution is -0.106. The summed E-state index contributed by atoms with van der Waals surface area (Å²) in [7, 11) is 1.63. The molecule has 1 fully saturated rings. The third-order valence-corrected chi connectivity index (χ3v) is 5.04. The number of hydrogen-bond acceptors (Lipinski definition) is 2. The molecule has 0 atom stereocenters. The van der Waals surface area contributed by atoms with Gasteiger partial charge in [0.25, 0.3) is 5.92 Å². The van der Waals surface area contributed by atoms with Crippen LogP contribution < -0.4 is 10.2 Å². The van der Waals surface area contributed by atoms with Crippen LogP contribution in [0.2, 0.25) is 5.02 Å². The maximum absolute atomic E-state index is 14.0. The van der Waals surface area contributed by atoms with Crippen molar-refractivity contribution >= 4 is 35.2 Å². The number of carbonyl (C=O) groups is 1. The lowest BCUT2D eigenvalue weighted by atomic mass is 10.0. The summed E-state index contributed by atoms with van der Waals surface area (Å²) in [6, 6.07) is 11.0. The maximum atomic E-state index is 14.0. The molecule has 1 N–H and O–H groups in total. The van der Waals surface area contributed by atoms with Crippen molar-refractivity contribution in [1.82, 2.24) is 5.32 Å². The predicted molar refractivity (Wildman–Crippen MR) is 109 cm³/mol. The Balaban J connectivity index is 2.11. The molecule has 148 valence electrons. The highest BCUT2D eigenvalue weighted by atomic mass is 35.5. The Morgan fingerprint density at radius 3 is 2.57 bits per heavy atom. The lowest BCUT2D eigenvalue weighted by Crippen LogP contribution is -2.29. The van der Waals surface area contributed by atoms with Crippen LogP contribution in [0, 0.1) is 5.92 Å². The van der Waals surface area contributed by atoms with Gasteiger partial charge in [-0.05, 0) is 43.0 Å². The zero-order chi connectivity index (χ0) is 20.3. The third-order valence-electron chi connectivity index (χ3n) is 4.72. The highest BCUT2D eigenvalue weighted by Gasteiger charge is 2.28. The first-order valence-electron chi connectivity index (χ1n) is 9.07. The molecule has 0 bridgehead atoms. The van der Waals surface area contributed by atoms with Crippen molar-refractivity contribution in [2.24, 2.45) is 10.9 Å². The quantitative estimate of drug-likeness (QED) is 0.394. The molecule has 3 rings (SSSR count). The number of benzene rings is 2. The number of anilines is 2. The Hall–Kier alpha value is -2.47. The van der Waals surface area contributed by atoms with Gasteiger partial charge in [0.1, 0.15) is 5.84 Å². The van der Waals surface area contributed by atoms with Crippen LogP contribution in [0.15, 0.2) is 47.5 Å². The zero-order valence-electron chi connectivity index (χ0n) is 15.8.